The van der Waals surface area contributed by atoms with Crippen LogP contribution in [-0.2, 0) is 4.79 Å². The number of rotatable bonds is 5. The smallest absolute Gasteiger partial charge is 0.310 e. The molecule has 1 rings (SSSR count). The summed E-state index contributed by atoms with van der Waals surface area (Å²) < 4.78 is 0. The van der Waals surface area contributed by atoms with Crippen LogP contribution >= 0.6 is 0 Å². The molecule has 1 aliphatic carbocycles. The minimum atomic E-state index is -0.656. The molecule has 0 aliphatic heterocycles. The molecule has 0 saturated carbocycles. The molecule has 2 atom stereocenters. The number of carboxylic acids is 1. The van der Waals surface area contributed by atoms with Crippen LogP contribution in [0.5, 0.6) is 0 Å². The van der Waals surface area contributed by atoms with Crippen LogP contribution in [0.25, 0.3) is 0 Å². The second-order valence-corrected chi connectivity index (χ2v) is 5.35. The van der Waals surface area contributed by atoms with Gasteiger partial charge in [-0.25, -0.2) is 0 Å². The molecule has 1 N–H and O–H groups in total. The van der Waals surface area contributed by atoms with Crippen molar-refractivity contribution in [2.24, 2.45) is 17.8 Å². The summed E-state index contributed by atoms with van der Waals surface area (Å²) in [5.74, 6) is 0.632. The maximum absolute atomic E-state index is 11.0. The normalized spacial score (nSPS) is 23.0. The van der Waals surface area contributed by atoms with Gasteiger partial charge in [0.1, 0.15) is 0 Å². The van der Waals surface area contributed by atoms with Gasteiger partial charge in [-0.3, -0.25) is 4.79 Å². The van der Waals surface area contributed by atoms with Crippen LogP contribution in [0.4, 0.5) is 0 Å². The van der Waals surface area contributed by atoms with Crippen molar-refractivity contribution in [3.05, 3.63) is 11.6 Å². The molecular weight excluding hydrogens is 200 g/mol. The Morgan fingerprint density at radius 3 is 2.62 bits per heavy atom. The van der Waals surface area contributed by atoms with Crippen molar-refractivity contribution in [2.75, 3.05) is 0 Å². The topological polar surface area (TPSA) is 37.3 Å². The molecule has 0 amide bonds. The van der Waals surface area contributed by atoms with Crippen molar-refractivity contribution in [1.29, 1.82) is 0 Å². The van der Waals surface area contributed by atoms with E-state index in [1.807, 2.05) is 6.92 Å². The number of allylic oxidation sites excluding steroid dienone is 1. The molecule has 1 aliphatic rings. The van der Waals surface area contributed by atoms with E-state index in [2.05, 4.69) is 19.9 Å². The predicted molar refractivity (Wildman–Crippen MR) is 66.3 cm³/mol. The van der Waals surface area contributed by atoms with Gasteiger partial charge in [0.05, 0.1) is 5.92 Å². The minimum Gasteiger partial charge on any atom is -0.481 e. The Labute approximate surface area is 98.7 Å². The lowest BCUT2D eigenvalue weighted by molar-refractivity contribution is -0.140. The van der Waals surface area contributed by atoms with Gasteiger partial charge in [0.2, 0.25) is 0 Å². The van der Waals surface area contributed by atoms with E-state index in [0.29, 0.717) is 0 Å². The summed E-state index contributed by atoms with van der Waals surface area (Å²) in [6.07, 6.45) is 7.43. The van der Waals surface area contributed by atoms with Gasteiger partial charge in [-0.1, -0.05) is 32.4 Å². The first kappa shape index (κ1) is 13.3. The fourth-order valence-electron chi connectivity index (χ4n) is 2.70. The zero-order valence-corrected chi connectivity index (χ0v) is 10.7. The first-order valence-corrected chi connectivity index (χ1v) is 6.46. The van der Waals surface area contributed by atoms with Crippen LogP contribution in [0, 0.1) is 17.8 Å². The second kappa shape index (κ2) is 6.07. The highest BCUT2D eigenvalue weighted by molar-refractivity contribution is 5.73. The van der Waals surface area contributed by atoms with E-state index in [1.54, 1.807) is 0 Å². The maximum atomic E-state index is 11.0. The van der Waals surface area contributed by atoms with Crippen molar-refractivity contribution in [3.63, 3.8) is 0 Å². The lowest BCUT2D eigenvalue weighted by Crippen LogP contribution is -2.19. The summed E-state index contributed by atoms with van der Waals surface area (Å²) in [7, 11) is 0. The number of hydrogen-bond acceptors (Lipinski definition) is 1. The van der Waals surface area contributed by atoms with Crippen molar-refractivity contribution in [3.8, 4) is 0 Å². The maximum Gasteiger partial charge on any atom is 0.310 e. The molecule has 92 valence electrons. The molecule has 2 nitrogen and oxygen atoms in total. The third kappa shape index (κ3) is 3.66. The Morgan fingerprint density at radius 1 is 1.56 bits per heavy atom. The molecular formula is C14H24O2. The van der Waals surface area contributed by atoms with Crippen LogP contribution in [0.2, 0.25) is 0 Å². The lowest BCUT2D eigenvalue weighted by atomic mass is 9.80. The quantitative estimate of drug-likeness (QED) is 0.720. The molecule has 0 aromatic rings. The van der Waals surface area contributed by atoms with Gasteiger partial charge in [-0.2, -0.15) is 0 Å². The first-order chi connectivity index (χ1) is 7.54. The third-order valence-electron chi connectivity index (χ3n) is 3.51. The van der Waals surface area contributed by atoms with Crippen LogP contribution in [0.1, 0.15) is 52.9 Å². The van der Waals surface area contributed by atoms with Crippen molar-refractivity contribution in [2.45, 2.75) is 52.9 Å². The van der Waals surface area contributed by atoms with E-state index in [9.17, 15) is 4.79 Å². The summed E-state index contributed by atoms with van der Waals surface area (Å²) in [5, 5.41) is 9.10. The van der Waals surface area contributed by atoms with E-state index >= 15 is 0 Å². The summed E-state index contributed by atoms with van der Waals surface area (Å²) in [6, 6.07) is 0. The monoisotopic (exact) mass is 224 g/mol. The van der Waals surface area contributed by atoms with Gasteiger partial charge in [0.25, 0.3) is 0 Å². The molecule has 0 heterocycles. The van der Waals surface area contributed by atoms with Crippen LogP contribution in [0.3, 0.4) is 0 Å². The summed E-state index contributed by atoms with van der Waals surface area (Å²) >= 11 is 0. The van der Waals surface area contributed by atoms with Gasteiger partial charge in [-0.15, -0.1) is 0 Å². The first-order valence-electron chi connectivity index (χ1n) is 6.46. The molecule has 2 heteroatoms. The summed E-state index contributed by atoms with van der Waals surface area (Å²) in [5.41, 5.74) is 1.16. The molecule has 0 saturated heterocycles. The largest absolute Gasteiger partial charge is 0.481 e. The fraction of sp³-hybridized carbons (Fsp3) is 0.786. The molecule has 0 spiro atoms. The Kier molecular flexibility index (Phi) is 5.04. The standard InChI is InChI=1S/C14H24O2/c1-4-13(14(15)16)12-7-5-11(6-8-12)9-10(2)3/h7,10-11,13H,4-6,8-9H2,1-3H3,(H,15,16)/t11-,13+/m0/s1. The Morgan fingerprint density at radius 2 is 2.25 bits per heavy atom. The molecule has 16 heavy (non-hydrogen) atoms. The highest BCUT2D eigenvalue weighted by Gasteiger charge is 2.24. The number of aliphatic carboxylic acids is 1. The predicted octanol–water partition coefficient (Wildman–Crippen LogP) is 3.87. The van der Waals surface area contributed by atoms with E-state index < -0.39 is 5.97 Å². The van der Waals surface area contributed by atoms with Crippen molar-refractivity contribution < 1.29 is 9.90 Å². The summed E-state index contributed by atoms with van der Waals surface area (Å²) in [4.78, 5) is 11.0. The van der Waals surface area contributed by atoms with E-state index in [0.717, 1.165) is 36.7 Å². The SMILES string of the molecule is CC[C@@H](C(=O)O)C1=CC[C@H](CC(C)C)CC1. The average molecular weight is 224 g/mol. The molecule has 0 unspecified atom stereocenters. The zero-order valence-electron chi connectivity index (χ0n) is 10.7. The van der Waals surface area contributed by atoms with Crippen LogP contribution in [0.15, 0.2) is 11.6 Å². The average Bonchev–Trinajstić information content (AvgIpc) is 2.20. The minimum absolute atomic E-state index is 0.236. The molecule has 0 aromatic carbocycles. The number of carboxylic acid groups (broad SMARTS) is 1. The Balaban J connectivity index is 2.54. The Hall–Kier alpha value is -0.790. The van der Waals surface area contributed by atoms with Crippen molar-refractivity contribution in [1.82, 2.24) is 0 Å². The highest BCUT2D eigenvalue weighted by Crippen LogP contribution is 2.32. The molecule has 0 fully saturated rings. The van der Waals surface area contributed by atoms with Gasteiger partial charge in [-0.05, 0) is 43.9 Å². The fourth-order valence-corrected chi connectivity index (χ4v) is 2.70. The molecule has 0 aromatic heterocycles. The van der Waals surface area contributed by atoms with Gasteiger partial charge in [0, 0.05) is 0 Å². The third-order valence-corrected chi connectivity index (χ3v) is 3.51. The summed E-state index contributed by atoms with van der Waals surface area (Å²) in [6.45, 7) is 6.47. The molecule has 0 bridgehead atoms. The number of hydrogen-bond donors (Lipinski definition) is 1. The van der Waals surface area contributed by atoms with E-state index in [-0.39, 0.29) is 5.92 Å². The van der Waals surface area contributed by atoms with E-state index in [4.69, 9.17) is 5.11 Å². The van der Waals surface area contributed by atoms with Crippen molar-refractivity contribution >= 4 is 5.97 Å². The molecule has 0 radical (unpaired) electrons. The van der Waals surface area contributed by atoms with E-state index in [1.165, 1.54) is 12.8 Å². The van der Waals surface area contributed by atoms with Gasteiger partial charge >= 0.3 is 5.97 Å². The number of carbonyl (C=O) groups is 1. The lowest BCUT2D eigenvalue weighted by Gasteiger charge is -2.25. The van der Waals surface area contributed by atoms with Gasteiger partial charge in [0.15, 0.2) is 0 Å². The van der Waals surface area contributed by atoms with Gasteiger partial charge < -0.3 is 5.11 Å². The second-order valence-electron chi connectivity index (χ2n) is 5.35. The zero-order chi connectivity index (χ0) is 12.1. The Bertz CT molecular complexity index is 266. The van der Waals surface area contributed by atoms with Crippen LogP contribution < -0.4 is 0 Å². The highest BCUT2D eigenvalue weighted by atomic mass is 16.4. The van der Waals surface area contributed by atoms with Crippen LogP contribution in [-0.4, -0.2) is 11.1 Å².